The molecular weight excluding hydrogens is 434 g/mol. The van der Waals surface area contributed by atoms with Gasteiger partial charge >= 0.3 is 0 Å². The Balaban J connectivity index is 1.52. The van der Waals surface area contributed by atoms with Crippen molar-refractivity contribution in [3.05, 3.63) is 23.8 Å². The van der Waals surface area contributed by atoms with Crippen LogP contribution in [0.2, 0.25) is 0 Å². The highest BCUT2D eigenvalue weighted by atomic mass is 32.2. The van der Waals surface area contributed by atoms with E-state index in [0.717, 1.165) is 50.3 Å². The van der Waals surface area contributed by atoms with Crippen molar-refractivity contribution >= 4 is 27.7 Å². The SMILES string of the molecule is COc1ccc(C(=O)NCC2(N3CCSCC3)CCCC2)cc1S(=O)(=O)N1CCCC1. The maximum atomic E-state index is 13.1. The molecule has 4 rings (SSSR count). The zero-order valence-corrected chi connectivity index (χ0v) is 19.9. The van der Waals surface area contributed by atoms with Gasteiger partial charge in [-0.3, -0.25) is 9.69 Å². The summed E-state index contributed by atoms with van der Waals surface area (Å²) in [4.78, 5) is 15.7. The molecule has 1 amide bonds. The number of benzene rings is 1. The number of amides is 1. The first-order valence-corrected chi connectivity index (χ1v) is 13.8. The number of hydrogen-bond donors (Lipinski definition) is 1. The number of methoxy groups -OCH3 is 1. The van der Waals surface area contributed by atoms with Crippen LogP contribution in [0.4, 0.5) is 0 Å². The third-order valence-electron chi connectivity index (χ3n) is 6.90. The number of nitrogens with zero attached hydrogens (tertiary/aromatic N) is 2. The van der Waals surface area contributed by atoms with E-state index in [9.17, 15) is 13.2 Å². The van der Waals surface area contributed by atoms with Crippen LogP contribution in [-0.2, 0) is 10.0 Å². The molecule has 2 heterocycles. The number of carbonyl (C=O) groups excluding carboxylic acids is 1. The summed E-state index contributed by atoms with van der Waals surface area (Å²) in [6.07, 6.45) is 6.32. The van der Waals surface area contributed by atoms with E-state index in [2.05, 4.69) is 10.2 Å². The fourth-order valence-electron chi connectivity index (χ4n) is 5.11. The summed E-state index contributed by atoms with van der Waals surface area (Å²) < 4.78 is 33.0. The van der Waals surface area contributed by atoms with Crippen LogP contribution in [0.3, 0.4) is 0 Å². The van der Waals surface area contributed by atoms with Crippen molar-refractivity contribution in [2.45, 2.75) is 49.0 Å². The predicted octanol–water partition coefficient (Wildman–Crippen LogP) is 2.57. The lowest BCUT2D eigenvalue weighted by atomic mass is 9.94. The molecule has 0 atom stereocenters. The minimum atomic E-state index is -3.68. The second-order valence-corrected chi connectivity index (χ2v) is 11.8. The molecule has 0 unspecified atom stereocenters. The number of nitrogens with one attached hydrogen (secondary N) is 1. The molecule has 9 heteroatoms. The van der Waals surface area contributed by atoms with Crippen LogP contribution in [0, 0.1) is 0 Å². The molecule has 1 aliphatic carbocycles. The number of sulfonamides is 1. The molecule has 1 aromatic carbocycles. The van der Waals surface area contributed by atoms with E-state index in [4.69, 9.17) is 4.74 Å². The third kappa shape index (κ3) is 4.74. The standard InChI is InChI=1S/C22H33N3O4S2/c1-29-19-7-6-18(16-20(19)31(27,28)25-10-4-5-11-25)21(26)23-17-22(8-2-3-9-22)24-12-14-30-15-13-24/h6-7,16H,2-5,8-15,17H2,1H3,(H,23,26). The Morgan fingerprint density at radius 1 is 1.10 bits per heavy atom. The van der Waals surface area contributed by atoms with Crippen LogP contribution in [0.5, 0.6) is 5.75 Å². The Bertz CT molecular complexity index is 888. The Hall–Kier alpha value is -1.29. The van der Waals surface area contributed by atoms with Crippen molar-refractivity contribution in [1.29, 1.82) is 0 Å². The molecule has 1 saturated carbocycles. The minimum Gasteiger partial charge on any atom is -0.495 e. The fourth-order valence-corrected chi connectivity index (χ4v) is 7.71. The quantitative estimate of drug-likeness (QED) is 0.664. The molecule has 172 valence electrons. The summed E-state index contributed by atoms with van der Waals surface area (Å²) in [6, 6.07) is 4.71. The predicted molar refractivity (Wildman–Crippen MR) is 123 cm³/mol. The van der Waals surface area contributed by atoms with E-state index in [0.29, 0.717) is 25.2 Å². The van der Waals surface area contributed by atoms with Gasteiger partial charge in [0.1, 0.15) is 10.6 Å². The van der Waals surface area contributed by atoms with Gasteiger partial charge in [-0.2, -0.15) is 16.1 Å². The van der Waals surface area contributed by atoms with E-state index in [1.54, 1.807) is 12.1 Å². The maximum Gasteiger partial charge on any atom is 0.251 e. The molecule has 2 aliphatic heterocycles. The molecule has 1 aromatic rings. The minimum absolute atomic E-state index is 0.0353. The Labute approximate surface area is 189 Å². The number of ether oxygens (including phenoxy) is 1. The number of thioether (sulfide) groups is 1. The van der Waals surface area contributed by atoms with Crippen molar-refractivity contribution in [1.82, 2.24) is 14.5 Å². The number of hydrogen-bond acceptors (Lipinski definition) is 6. The summed E-state index contributed by atoms with van der Waals surface area (Å²) in [6.45, 7) is 3.77. The van der Waals surface area contributed by atoms with Gasteiger partial charge in [0.25, 0.3) is 5.91 Å². The van der Waals surface area contributed by atoms with Gasteiger partial charge in [-0.25, -0.2) is 8.42 Å². The summed E-state index contributed by atoms with van der Waals surface area (Å²) in [5, 5.41) is 3.13. The Kier molecular flexibility index (Phi) is 7.15. The second kappa shape index (κ2) is 9.68. The van der Waals surface area contributed by atoms with Crippen molar-refractivity contribution in [3.63, 3.8) is 0 Å². The van der Waals surface area contributed by atoms with Gasteiger partial charge in [0.15, 0.2) is 0 Å². The molecule has 7 nitrogen and oxygen atoms in total. The summed E-state index contributed by atoms with van der Waals surface area (Å²) in [5.74, 6) is 2.34. The average Bonchev–Trinajstić information content (AvgIpc) is 3.51. The molecule has 0 aromatic heterocycles. The maximum absolute atomic E-state index is 13.1. The lowest BCUT2D eigenvalue weighted by Crippen LogP contribution is -2.56. The van der Waals surface area contributed by atoms with Crippen molar-refractivity contribution < 1.29 is 17.9 Å². The first kappa shape index (κ1) is 22.9. The van der Waals surface area contributed by atoms with Crippen LogP contribution in [0.25, 0.3) is 0 Å². The molecule has 0 spiro atoms. The molecular formula is C22H33N3O4S2. The zero-order chi connectivity index (χ0) is 21.9. The third-order valence-corrected chi connectivity index (χ3v) is 9.77. The Morgan fingerprint density at radius 3 is 2.42 bits per heavy atom. The second-order valence-electron chi connectivity index (χ2n) is 8.69. The lowest BCUT2D eigenvalue weighted by Gasteiger charge is -2.43. The van der Waals surface area contributed by atoms with Crippen LogP contribution < -0.4 is 10.1 Å². The van der Waals surface area contributed by atoms with Crippen LogP contribution in [0.15, 0.2) is 23.1 Å². The van der Waals surface area contributed by atoms with Gasteiger partial charge in [0, 0.05) is 55.3 Å². The van der Waals surface area contributed by atoms with Gasteiger partial charge in [-0.05, 0) is 43.9 Å². The summed E-state index contributed by atoms with van der Waals surface area (Å²) in [7, 11) is -2.22. The van der Waals surface area contributed by atoms with E-state index in [-0.39, 0.29) is 22.1 Å². The Morgan fingerprint density at radius 2 is 1.77 bits per heavy atom. The van der Waals surface area contributed by atoms with Crippen molar-refractivity contribution in [2.75, 3.05) is 51.3 Å². The van der Waals surface area contributed by atoms with E-state index >= 15 is 0 Å². The molecule has 31 heavy (non-hydrogen) atoms. The molecule has 0 bridgehead atoms. The average molecular weight is 468 g/mol. The van der Waals surface area contributed by atoms with Crippen molar-refractivity contribution in [3.8, 4) is 5.75 Å². The summed E-state index contributed by atoms with van der Waals surface area (Å²) >= 11 is 1.99. The topological polar surface area (TPSA) is 79.0 Å². The molecule has 1 N–H and O–H groups in total. The molecule has 0 radical (unpaired) electrons. The normalized spacial score (nSPS) is 22.5. The molecule has 3 aliphatic rings. The van der Waals surface area contributed by atoms with Gasteiger partial charge in [-0.15, -0.1) is 0 Å². The van der Waals surface area contributed by atoms with Gasteiger partial charge in [0.05, 0.1) is 7.11 Å². The fraction of sp³-hybridized carbons (Fsp3) is 0.682. The summed E-state index contributed by atoms with van der Waals surface area (Å²) in [5.41, 5.74) is 0.397. The largest absolute Gasteiger partial charge is 0.495 e. The van der Waals surface area contributed by atoms with Crippen molar-refractivity contribution in [2.24, 2.45) is 0 Å². The molecule has 3 fully saturated rings. The van der Waals surface area contributed by atoms with E-state index in [1.807, 2.05) is 11.8 Å². The highest BCUT2D eigenvalue weighted by Gasteiger charge is 2.40. The highest BCUT2D eigenvalue weighted by molar-refractivity contribution is 7.99. The zero-order valence-electron chi connectivity index (χ0n) is 18.3. The highest BCUT2D eigenvalue weighted by Crippen LogP contribution is 2.36. The smallest absolute Gasteiger partial charge is 0.251 e. The van der Waals surface area contributed by atoms with E-state index in [1.165, 1.54) is 30.3 Å². The van der Waals surface area contributed by atoms with Crippen LogP contribution >= 0.6 is 11.8 Å². The van der Waals surface area contributed by atoms with Crippen LogP contribution in [0.1, 0.15) is 48.9 Å². The monoisotopic (exact) mass is 467 g/mol. The van der Waals surface area contributed by atoms with E-state index < -0.39 is 10.0 Å². The first-order valence-electron chi connectivity index (χ1n) is 11.3. The lowest BCUT2D eigenvalue weighted by molar-refractivity contribution is 0.0817. The first-order chi connectivity index (χ1) is 15.0. The van der Waals surface area contributed by atoms with Gasteiger partial charge in [0.2, 0.25) is 10.0 Å². The molecule has 2 saturated heterocycles. The number of carbonyl (C=O) groups is 1. The van der Waals surface area contributed by atoms with Crippen LogP contribution in [-0.4, -0.2) is 80.4 Å². The van der Waals surface area contributed by atoms with Gasteiger partial charge in [-0.1, -0.05) is 12.8 Å². The van der Waals surface area contributed by atoms with Gasteiger partial charge < -0.3 is 10.1 Å². The number of rotatable bonds is 7.